The van der Waals surface area contributed by atoms with Crippen molar-refractivity contribution in [2.24, 2.45) is 0 Å². The summed E-state index contributed by atoms with van der Waals surface area (Å²) >= 11 is 0. The molecule has 0 spiro atoms. The number of rotatable bonds is 6. The number of nitrogens with zero attached hydrogens (tertiary/aromatic N) is 1. The Bertz CT molecular complexity index is 734. The van der Waals surface area contributed by atoms with Crippen LogP contribution < -0.4 is 0 Å². The van der Waals surface area contributed by atoms with Gasteiger partial charge in [0.25, 0.3) is 5.60 Å². The van der Waals surface area contributed by atoms with Crippen LogP contribution in [-0.4, -0.2) is 38.3 Å². The molecule has 0 saturated carbocycles. The molecule has 0 atom stereocenters. The molecule has 2 aromatic rings. The Morgan fingerprint density at radius 3 is 1.84 bits per heavy atom. The van der Waals surface area contributed by atoms with Crippen LogP contribution >= 0.6 is 0 Å². The Labute approximate surface area is 146 Å². The minimum Gasteiger partial charge on any atom is -0.479 e. The van der Waals surface area contributed by atoms with Crippen molar-refractivity contribution < 1.29 is 24.5 Å². The molecule has 1 aromatic carbocycles. The minimum atomic E-state index is -2.34. The molecule has 2 N–H and O–H groups in total. The van der Waals surface area contributed by atoms with Crippen LogP contribution in [0.5, 0.6) is 0 Å². The van der Waals surface area contributed by atoms with Gasteiger partial charge < -0.3 is 14.9 Å². The highest BCUT2D eigenvalue weighted by atomic mass is 16.6. The van der Waals surface area contributed by atoms with E-state index in [1.54, 1.807) is 45.3 Å². The maximum absolute atomic E-state index is 11.7. The monoisotopic (exact) mass is 343 g/mol. The van der Waals surface area contributed by atoms with Crippen LogP contribution in [0.3, 0.4) is 0 Å². The highest BCUT2D eigenvalue weighted by molar-refractivity contribution is 6.02. The van der Waals surface area contributed by atoms with Crippen LogP contribution in [-0.2, 0) is 20.7 Å². The topological polar surface area (TPSA) is 96.7 Å². The molecule has 0 fully saturated rings. The predicted octanol–water partition coefficient (Wildman–Crippen LogP) is 3.01. The van der Waals surface area contributed by atoms with Crippen molar-refractivity contribution in [3.05, 3.63) is 54.4 Å². The number of carboxylic acids is 2. The van der Waals surface area contributed by atoms with Gasteiger partial charge >= 0.3 is 11.9 Å². The van der Waals surface area contributed by atoms with E-state index in [1.807, 2.05) is 24.3 Å². The molecule has 1 aromatic heterocycles. The zero-order valence-electron chi connectivity index (χ0n) is 14.4. The van der Waals surface area contributed by atoms with Gasteiger partial charge in [-0.25, -0.2) is 9.59 Å². The van der Waals surface area contributed by atoms with Gasteiger partial charge in [-0.15, -0.1) is 0 Å². The van der Waals surface area contributed by atoms with Gasteiger partial charge in [0.1, 0.15) is 0 Å². The van der Waals surface area contributed by atoms with E-state index < -0.39 is 23.1 Å². The molecule has 1 heterocycles. The molecule has 0 amide bonds. The maximum atomic E-state index is 11.7. The average molecular weight is 343 g/mol. The molecule has 0 aliphatic rings. The van der Waals surface area contributed by atoms with Crippen LogP contribution in [0.4, 0.5) is 0 Å². The molecule has 132 valence electrons. The van der Waals surface area contributed by atoms with Crippen molar-refractivity contribution in [2.45, 2.75) is 38.4 Å². The van der Waals surface area contributed by atoms with E-state index in [1.165, 1.54) is 0 Å². The van der Waals surface area contributed by atoms with Gasteiger partial charge in [0.05, 0.1) is 5.60 Å². The smallest absolute Gasteiger partial charge is 0.348 e. The third-order valence-electron chi connectivity index (χ3n) is 3.59. The summed E-state index contributed by atoms with van der Waals surface area (Å²) in [5, 5.41) is 19.1. The average Bonchev–Trinajstić information content (AvgIpc) is 2.54. The number of carboxylic acid groups (broad SMARTS) is 2. The fraction of sp³-hybridized carbons (Fsp3) is 0.316. The summed E-state index contributed by atoms with van der Waals surface area (Å²) in [5.41, 5.74) is -0.800. The molecule has 6 nitrogen and oxygen atoms in total. The summed E-state index contributed by atoms with van der Waals surface area (Å²) in [6.45, 7) is 4.88. The summed E-state index contributed by atoms with van der Waals surface area (Å²) < 4.78 is 5.46. The van der Waals surface area contributed by atoms with Crippen LogP contribution in [0.2, 0.25) is 0 Å². The first-order valence-corrected chi connectivity index (χ1v) is 7.80. The van der Waals surface area contributed by atoms with Crippen molar-refractivity contribution >= 4 is 11.9 Å². The Balaban J connectivity index is 2.33. The first-order chi connectivity index (χ1) is 11.6. The van der Waals surface area contributed by atoms with E-state index >= 15 is 0 Å². The highest BCUT2D eigenvalue weighted by Crippen LogP contribution is 2.27. The Morgan fingerprint density at radius 2 is 1.40 bits per heavy atom. The lowest BCUT2D eigenvalue weighted by Gasteiger charge is -2.33. The summed E-state index contributed by atoms with van der Waals surface area (Å²) in [7, 11) is 0. The van der Waals surface area contributed by atoms with Crippen molar-refractivity contribution in [1.29, 1.82) is 0 Å². The van der Waals surface area contributed by atoms with E-state index in [4.69, 9.17) is 4.74 Å². The van der Waals surface area contributed by atoms with Gasteiger partial charge in [0.2, 0.25) is 0 Å². The lowest BCUT2D eigenvalue weighted by atomic mass is 9.92. The number of benzene rings is 1. The van der Waals surface area contributed by atoms with Gasteiger partial charge in [0.15, 0.2) is 0 Å². The fourth-order valence-corrected chi connectivity index (χ4v) is 2.54. The van der Waals surface area contributed by atoms with E-state index in [9.17, 15) is 19.8 Å². The van der Waals surface area contributed by atoms with Crippen LogP contribution in [0.1, 0.15) is 26.3 Å². The highest BCUT2D eigenvalue weighted by Gasteiger charge is 2.50. The normalized spacial score (nSPS) is 12.0. The summed E-state index contributed by atoms with van der Waals surface area (Å²) in [4.78, 5) is 27.4. The van der Waals surface area contributed by atoms with Crippen LogP contribution in [0.15, 0.2) is 48.8 Å². The SMILES string of the molecule is CC(C)(C)OC(Cc1ccc(-c2ccncc2)cc1)(C(=O)O)C(=O)O. The van der Waals surface area contributed by atoms with Gasteiger partial charge in [-0.2, -0.15) is 0 Å². The van der Waals surface area contributed by atoms with Crippen LogP contribution in [0, 0.1) is 0 Å². The molecular formula is C19H21NO5. The van der Waals surface area contributed by atoms with Gasteiger partial charge in [-0.05, 0) is 49.6 Å². The number of pyridine rings is 1. The van der Waals surface area contributed by atoms with Crippen molar-refractivity contribution in [2.75, 3.05) is 0 Å². The molecule has 0 bridgehead atoms. The Hall–Kier alpha value is -2.73. The number of aromatic nitrogens is 1. The second-order valence-corrected chi connectivity index (χ2v) is 6.76. The van der Waals surface area contributed by atoms with Crippen molar-refractivity contribution in [3.8, 4) is 11.1 Å². The molecule has 25 heavy (non-hydrogen) atoms. The zero-order valence-corrected chi connectivity index (χ0v) is 14.4. The molecule has 0 unspecified atom stereocenters. The fourth-order valence-electron chi connectivity index (χ4n) is 2.54. The van der Waals surface area contributed by atoms with Crippen LogP contribution in [0.25, 0.3) is 11.1 Å². The molecule has 2 rings (SSSR count). The standard InChI is InChI=1S/C19H21NO5/c1-18(2,3)25-19(16(21)22,17(23)24)12-13-4-6-14(7-5-13)15-8-10-20-11-9-15/h4-11H,12H2,1-3H3,(H,21,22)(H,23,24). The van der Waals surface area contributed by atoms with E-state index in [-0.39, 0.29) is 6.42 Å². The molecule has 6 heteroatoms. The second-order valence-electron chi connectivity index (χ2n) is 6.76. The minimum absolute atomic E-state index is 0.272. The van der Waals surface area contributed by atoms with Crippen molar-refractivity contribution in [1.82, 2.24) is 4.98 Å². The van der Waals surface area contributed by atoms with Gasteiger partial charge in [0, 0.05) is 18.8 Å². The number of aliphatic carboxylic acids is 2. The quantitative estimate of drug-likeness (QED) is 0.783. The van der Waals surface area contributed by atoms with Gasteiger partial charge in [-0.3, -0.25) is 4.98 Å². The molecule has 0 aliphatic carbocycles. The molecule has 0 saturated heterocycles. The number of hydrogen-bond acceptors (Lipinski definition) is 4. The summed E-state index contributed by atoms with van der Waals surface area (Å²) in [6.07, 6.45) is 3.09. The number of ether oxygens (including phenoxy) is 1. The predicted molar refractivity (Wildman–Crippen MR) is 92.2 cm³/mol. The summed E-state index contributed by atoms with van der Waals surface area (Å²) in [6, 6.07) is 10.8. The lowest BCUT2D eigenvalue weighted by Crippen LogP contribution is -2.54. The zero-order chi connectivity index (χ0) is 18.7. The number of carbonyl (C=O) groups is 2. The third kappa shape index (κ3) is 4.42. The summed E-state index contributed by atoms with van der Waals surface area (Å²) in [5.74, 6) is -3.04. The Morgan fingerprint density at radius 1 is 0.920 bits per heavy atom. The molecular weight excluding hydrogens is 322 g/mol. The van der Waals surface area contributed by atoms with E-state index in [0.29, 0.717) is 5.56 Å². The molecule has 0 radical (unpaired) electrons. The largest absolute Gasteiger partial charge is 0.479 e. The first kappa shape index (κ1) is 18.6. The molecule has 0 aliphatic heterocycles. The van der Waals surface area contributed by atoms with Crippen molar-refractivity contribution in [3.63, 3.8) is 0 Å². The third-order valence-corrected chi connectivity index (χ3v) is 3.59. The Kier molecular flexibility index (Phi) is 5.23. The first-order valence-electron chi connectivity index (χ1n) is 7.80. The number of hydrogen-bond donors (Lipinski definition) is 2. The maximum Gasteiger partial charge on any atom is 0.348 e. The second kappa shape index (κ2) is 7.03. The van der Waals surface area contributed by atoms with Gasteiger partial charge in [-0.1, -0.05) is 24.3 Å². The van der Waals surface area contributed by atoms with E-state index in [2.05, 4.69) is 4.98 Å². The lowest BCUT2D eigenvalue weighted by molar-refractivity contribution is -0.199. The van der Waals surface area contributed by atoms with E-state index in [0.717, 1.165) is 11.1 Å².